The van der Waals surface area contributed by atoms with Crippen LogP contribution >= 0.6 is 0 Å². The van der Waals surface area contributed by atoms with Gasteiger partial charge in [-0.1, -0.05) is 26.7 Å². The van der Waals surface area contributed by atoms with E-state index in [0.717, 1.165) is 37.0 Å². The average Bonchev–Trinajstić information content (AvgIpc) is 2.46. The van der Waals surface area contributed by atoms with Crippen molar-refractivity contribution in [2.24, 2.45) is 23.7 Å². The summed E-state index contributed by atoms with van der Waals surface area (Å²) in [5.74, 6) is 3.05. The molecule has 0 amide bonds. The van der Waals surface area contributed by atoms with Crippen LogP contribution in [0.25, 0.3) is 0 Å². The van der Waals surface area contributed by atoms with Gasteiger partial charge in [-0.15, -0.1) is 0 Å². The van der Waals surface area contributed by atoms with Gasteiger partial charge in [-0.05, 0) is 62.7 Å². The third-order valence-electron chi connectivity index (χ3n) is 5.28. The molecule has 0 aliphatic heterocycles. The van der Waals surface area contributed by atoms with E-state index in [9.17, 15) is 4.79 Å². The summed E-state index contributed by atoms with van der Waals surface area (Å²) in [6, 6.07) is 0. The molecule has 2 fully saturated rings. The maximum absolute atomic E-state index is 11.9. The maximum Gasteiger partial charge on any atom is 0.308 e. The van der Waals surface area contributed by atoms with Gasteiger partial charge in [0.2, 0.25) is 0 Å². The highest BCUT2D eigenvalue weighted by Gasteiger charge is 2.32. The van der Waals surface area contributed by atoms with E-state index in [4.69, 9.17) is 4.74 Å². The van der Waals surface area contributed by atoms with Crippen molar-refractivity contribution >= 4 is 5.97 Å². The Labute approximate surface area is 118 Å². The van der Waals surface area contributed by atoms with E-state index < -0.39 is 0 Å². The van der Waals surface area contributed by atoms with E-state index in [-0.39, 0.29) is 11.9 Å². The average molecular weight is 266 g/mol. The van der Waals surface area contributed by atoms with E-state index in [1.165, 1.54) is 38.5 Å². The fraction of sp³-hybridized carbons (Fsp3) is 0.941. The van der Waals surface area contributed by atoms with Crippen LogP contribution in [0, 0.1) is 23.7 Å². The van der Waals surface area contributed by atoms with Crippen molar-refractivity contribution in [3.05, 3.63) is 0 Å². The Morgan fingerprint density at radius 3 is 2.00 bits per heavy atom. The molecule has 2 nitrogen and oxygen atoms in total. The largest absolute Gasteiger partial charge is 0.465 e. The Balaban J connectivity index is 1.71. The number of ether oxygens (including phenoxy) is 1. The van der Waals surface area contributed by atoms with E-state index >= 15 is 0 Å². The van der Waals surface area contributed by atoms with Crippen molar-refractivity contribution in [1.29, 1.82) is 0 Å². The molecule has 2 heteroatoms. The lowest BCUT2D eigenvalue weighted by molar-refractivity contribution is -0.150. The number of carbonyl (C=O) groups is 1. The second kappa shape index (κ2) is 7.31. The number of hydrogen-bond donors (Lipinski definition) is 0. The summed E-state index contributed by atoms with van der Waals surface area (Å²) in [5.41, 5.74) is 0. The molecule has 0 aromatic rings. The Morgan fingerprint density at radius 2 is 1.47 bits per heavy atom. The van der Waals surface area contributed by atoms with Crippen LogP contribution < -0.4 is 0 Å². The predicted octanol–water partition coefficient (Wildman–Crippen LogP) is 4.57. The van der Waals surface area contributed by atoms with Crippen LogP contribution in [-0.4, -0.2) is 12.6 Å². The van der Waals surface area contributed by atoms with Crippen molar-refractivity contribution < 1.29 is 9.53 Å². The first-order chi connectivity index (χ1) is 9.20. The van der Waals surface area contributed by atoms with Crippen molar-refractivity contribution in [3.8, 4) is 0 Å². The quantitative estimate of drug-likeness (QED) is 0.697. The highest BCUT2D eigenvalue weighted by atomic mass is 16.5. The fourth-order valence-corrected chi connectivity index (χ4v) is 3.90. The lowest BCUT2D eigenvalue weighted by Crippen LogP contribution is -2.29. The van der Waals surface area contributed by atoms with Crippen LogP contribution in [0.2, 0.25) is 0 Å². The summed E-state index contributed by atoms with van der Waals surface area (Å²) in [5, 5.41) is 0. The molecule has 19 heavy (non-hydrogen) atoms. The molecular formula is C17H30O2. The Morgan fingerprint density at radius 1 is 0.947 bits per heavy atom. The minimum atomic E-state index is 0.0672. The van der Waals surface area contributed by atoms with Gasteiger partial charge in [-0.3, -0.25) is 4.79 Å². The third-order valence-corrected chi connectivity index (χ3v) is 5.28. The molecule has 0 aromatic heterocycles. The summed E-state index contributed by atoms with van der Waals surface area (Å²) in [6.07, 6.45) is 11.3. The highest BCUT2D eigenvalue weighted by Crippen LogP contribution is 2.41. The lowest BCUT2D eigenvalue weighted by Gasteiger charge is -2.36. The first-order valence-electron chi connectivity index (χ1n) is 8.37. The minimum Gasteiger partial charge on any atom is -0.465 e. The zero-order valence-corrected chi connectivity index (χ0v) is 12.7. The molecule has 110 valence electrons. The van der Waals surface area contributed by atoms with Gasteiger partial charge in [0, 0.05) is 0 Å². The van der Waals surface area contributed by atoms with E-state index in [0.29, 0.717) is 6.61 Å². The van der Waals surface area contributed by atoms with Crippen LogP contribution in [-0.2, 0) is 9.53 Å². The predicted molar refractivity (Wildman–Crippen MR) is 77.8 cm³/mol. The molecule has 2 rings (SSSR count). The van der Waals surface area contributed by atoms with Gasteiger partial charge in [-0.2, -0.15) is 0 Å². The van der Waals surface area contributed by atoms with Crippen LogP contribution in [0.5, 0.6) is 0 Å². The van der Waals surface area contributed by atoms with Crippen LogP contribution in [0.15, 0.2) is 0 Å². The van der Waals surface area contributed by atoms with E-state index in [1.54, 1.807) is 0 Å². The van der Waals surface area contributed by atoms with Crippen molar-refractivity contribution in [2.75, 3.05) is 6.61 Å². The summed E-state index contributed by atoms with van der Waals surface area (Å²) in [4.78, 5) is 11.9. The second-order valence-electron chi connectivity index (χ2n) is 6.80. The number of carbonyl (C=O) groups excluding carboxylic acids is 1. The van der Waals surface area contributed by atoms with Crippen molar-refractivity contribution in [1.82, 2.24) is 0 Å². The van der Waals surface area contributed by atoms with Crippen molar-refractivity contribution in [2.45, 2.75) is 71.6 Å². The molecule has 0 atom stereocenters. The third kappa shape index (κ3) is 4.22. The minimum absolute atomic E-state index is 0.0672. The fourth-order valence-electron chi connectivity index (χ4n) is 3.90. The summed E-state index contributed by atoms with van der Waals surface area (Å²) < 4.78 is 5.29. The van der Waals surface area contributed by atoms with Gasteiger partial charge >= 0.3 is 5.97 Å². The molecular weight excluding hydrogens is 236 g/mol. The first-order valence-corrected chi connectivity index (χ1v) is 8.37. The molecule has 0 radical (unpaired) electrons. The van der Waals surface area contributed by atoms with Gasteiger partial charge in [-0.25, -0.2) is 0 Å². The first kappa shape index (κ1) is 14.9. The van der Waals surface area contributed by atoms with Gasteiger partial charge in [0.05, 0.1) is 12.5 Å². The zero-order chi connectivity index (χ0) is 13.7. The Hall–Kier alpha value is -0.530. The molecule has 2 saturated carbocycles. The summed E-state index contributed by atoms with van der Waals surface area (Å²) >= 11 is 0. The molecule has 0 heterocycles. The lowest BCUT2D eigenvalue weighted by atomic mass is 9.69. The van der Waals surface area contributed by atoms with Gasteiger partial charge in [0.15, 0.2) is 0 Å². The maximum atomic E-state index is 11.9. The van der Waals surface area contributed by atoms with Crippen molar-refractivity contribution in [3.63, 3.8) is 0 Å². The van der Waals surface area contributed by atoms with Crippen LogP contribution in [0.1, 0.15) is 71.6 Å². The standard InChI is InChI=1S/C17H30O2/c1-3-12-19-17(18)16-10-8-15(9-11-16)14-6-4-13(2)5-7-14/h13-16H,3-12H2,1-2H3. The van der Waals surface area contributed by atoms with E-state index in [2.05, 4.69) is 6.92 Å². The highest BCUT2D eigenvalue weighted by molar-refractivity contribution is 5.72. The molecule has 0 aromatic carbocycles. The molecule has 0 saturated heterocycles. The van der Waals surface area contributed by atoms with E-state index in [1.807, 2.05) is 6.92 Å². The topological polar surface area (TPSA) is 26.3 Å². The molecule has 0 bridgehead atoms. The second-order valence-corrected chi connectivity index (χ2v) is 6.80. The number of esters is 1. The van der Waals surface area contributed by atoms with Gasteiger partial charge < -0.3 is 4.74 Å². The molecule has 0 spiro atoms. The molecule has 0 unspecified atom stereocenters. The van der Waals surface area contributed by atoms with Crippen LogP contribution in [0.4, 0.5) is 0 Å². The summed E-state index contributed by atoms with van der Waals surface area (Å²) in [7, 11) is 0. The van der Waals surface area contributed by atoms with Gasteiger partial charge in [0.1, 0.15) is 0 Å². The zero-order valence-electron chi connectivity index (χ0n) is 12.7. The Kier molecular flexibility index (Phi) is 5.72. The smallest absolute Gasteiger partial charge is 0.308 e. The molecule has 0 N–H and O–H groups in total. The number of rotatable bonds is 4. The summed E-state index contributed by atoms with van der Waals surface area (Å²) in [6.45, 7) is 5.03. The van der Waals surface area contributed by atoms with Crippen LogP contribution in [0.3, 0.4) is 0 Å². The normalized spacial score (nSPS) is 35.9. The SMILES string of the molecule is CCCOC(=O)C1CCC(C2CCC(C)CC2)CC1. The monoisotopic (exact) mass is 266 g/mol. The Bertz CT molecular complexity index is 271. The molecule has 2 aliphatic rings. The van der Waals surface area contributed by atoms with Gasteiger partial charge in [0.25, 0.3) is 0 Å². The molecule has 2 aliphatic carbocycles. The number of hydrogen-bond acceptors (Lipinski definition) is 2.